The summed E-state index contributed by atoms with van der Waals surface area (Å²) in [5.41, 5.74) is 2.56. The second-order valence-corrected chi connectivity index (χ2v) is 9.24. The van der Waals surface area contributed by atoms with Crippen molar-refractivity contribution >= 4 is 11.8 Å². The van der Waals surface area contributed by atoms with E-state index in [-0.39, 0.29) is 24.0 Å². The van der Waals surface area contributed by atoms with Crippen LogP contribution in [-0.2, 0) is 9.53 Å². The molecule has 0 spiro atoms. The summed E-state index contributed by atoms with van der Waals surface area (Å²) in [5.74, 6) is 0.559. The molecule has 0 saturated heterocycles. The number of ether oxygens (including phenoxy) is 1. The third-order valence-electron chi connectivity index (χ3n) is 6.44. The summed E-state index contributed by atoms with van der Waals surface area (Å²) in [6.07, 6.45) is 7.16. The average molecular weight is 466 g/mol. The highest BCUT2D eigenvalue weighted by Gasteiger charge is 2.22. The van der Waals surface area contributed by atoms with Gasteiger partial charge in [-0.15, -0.1) is 0 Å². The van der Waals surface area contributed by atoms with Crippen LogP contribution in [0.4, 0.5) is 0 Å². The third-order valence-corrected chi connectivity index (χ3v) is 6.44. The van der Waals surface area contributed by atoms with Gasteiger partial charge in [-0.1, -0.05) is 74.6 Å². The van der Waals surface area contributed by atoms with Crippen molar-refractivity contribution in [3.63, 3.8) is 0 Å². The minimum atomic E-state index is -0.321. The molecule has 0 bridgehead atoms. The van der Waals surface area contributed by atoms with Gasteiger partial charge in [-0.25, -0.2) is 0 Å². The number of nitrogens with one attached hydrogen (secondary N) is 3. The highest BCUT2D eigenvalue weighted by atomic mass is 16.5. The highest BCUT2D eigenvalue weighted by molar-refractivity contribution is 5.94. The maximum atomic E-state index is 13.2. The molecule has 2 atom stereocenters. The van der Waals surface area contributed by atoms with E-state index < -0.39 is 0 Å². The van der Waals surface area contributed by atoms with Gasteiger partial charge in [-0.2, -0.15) is 0 Å². The Hall–Kier alpha value is -2.70. The first-order chi connectivity index (χ1) is 16.6. The number of hydrogen-bond donors (Lipinski definition) is 3. The molecule has 1 aliphatic carbocycles. The fourth-order valence-corrected chi connectivity index (χ4v) is 4.79. The molecule has 2 aromatic rings. The van der Waals surface area contributed by atoms with Crippen LogP contribution in [-0.4, -0.2) is 44.6 Å². The quantitative estimate of drug-likeness (QED) is 0.410. The van der Waals surface area contributed by atoms with E-state index in [1.165, 1.54) is 39.0 Å². The Bertz CT molecular complexity index is 897. The van der Waals surface area contributed by atoms with E-state index in [2.05, 4.69) is 16.0 Å². The van der Waals surface area contributed by atoms with E-state index >= 15 is 0 Å². The first-order valence-electron chi connectivity index (χ1n) is 12.5. The molecular weight excluding hydrogens is 426 g/mol. The SMILES string of the molecule is CNC[C@H](CC1CCCCC1)NC(=O)c1cccc([C@@H](OCCNC(C)=O)c2ccccc2)c1. The minimum absolute atomic E-state index is 0.0528. The summed E-state index contributed by atoms with van der Waals surface area (Å²) >= 11 is 0. The second kappa shape index (κ2) is 13.9. The number of carbonyl (C=O) groups is 2. The number of hydrogen-bond acceptors (Lipinski definition) is 4. The highest BCUT2D eigenvalue weighted by Crippen LogP contribution is 2.28. The normalized spacial score (nSPS) is 15.9. The van der Waals surface area contributed by atoms with Crippen LogP contribution in [0.5, 0.6) is 0 Å². The monoisotopic (exact) mass is 465 g/mol. The van der Waals surface area contributed by atoms with Crippen molar-refractivity contribution in [2.24, 2.45) is 5.92 Å². The molecule has 0 heterocycles. The predicted octanol–water partition coefficient (Wildman–Crippen LogP) is 4.22. The molecule has 1 fully saturated rings. The van der Waals surface area contributed by atoms with E-state index in [4.69, 9.17) is 4.74 Å². The van der Waals surface area contributed by atoms with Crippen molar-refractivity contribution in [2.45, 2.75) is 57.6 Å². The molecule has 0 aromatic heterocycles. The van der Waals surface area contributed by atoms with Gasteiger partial charge in [0.1, 0.15) is 6.10 Å². The Kier molecular flexibility index (Phi) is 10.6. The fraction of sp³-hybridized carbons (Fsp3) is 0.500. The molecule has 6 heteroatoms. The minimum Gasteiger partial charge on any atom is -0.367 e. The molecule has 34 heavy (non-hydrogen) atoms. The maximum absolute atomic E-state index is 13.2. The van der Waals surface area contributed by atoms with Gasteiger partial charge in [-0.3, -0.25) is 9.59 Å². The van der Waals surface area contributed by atoms with E-state index in [1.54, 1.807) is 0 Å². The van der Waals surface area contributed by atoms with Gasteiger partial charge in [0.15, 0.2) is 0 Å². The summed E-state index contributed by atoms with van der Waals surface area (Å²) in [6, 6.07) is 17.7. The van der Waals surface area contributed by atoms with Crippen molar-refractivity contribution in [1.82, 2.24) is 16.0 Å². The van der Waals surface area contributed by atoms with Crippen LogP contribution in [0.15, 0.2) is 54.6 Å². The summed E-state index contributed by atoms with van der Waals surface area (Å²) < 4.78 is 6.16. The zero-order chi connectivity index (χ0) is 24.2. The maximum Gasteiger partial charge on any atom is 0.251 e. The number of likely N-dealkylation sites (N-methyl/N-ethyl adjacent to an activating group) is 1. The summed E-state index contributed by atoms with van der Waals surface area (Å²) in [5, 5.41) is 9.27. The predicted molar refractivity (Wildman–Crippen MR) is 136 cm³/mol. The molecular formula is C28H39N3O3. The first-order valence-corrected chi connectivity index (χ1v) is 12.5. The van der Waals surface area contributed by atoms with E-state index in [0.29, 0.717) is 24.6 Å². The van der Waals surface area contributed by atoms with Crippen LogP contribution >= 0.6 is 0 Å². The molecule has 2 amide bonds. The standard InChI is InChI=1S/C28H39N3O3/c1-21(32)30-16-17-34-27(23-12-7-4-8-13-23)24-14-9-15-25(19-24)28(33)31-26(20-29-2)18-22-10-5-3-6-11-22/h4,7-9,12-15,19,22,26-27,29H,3,5-6,10-11,16-18,20H2,1-2H3,(H,30,32)(H,31,33)/t26-,27-/m0/s1. The lowest BCUT2D eigenvalue weighted by Gasteiger charge is -2.27. The molecule has 3 N–H and O–H groups in total. The van der Waals surface area contributed by atoms with E-state index in [9.17, 15) is 9.59 Å². The van der Waals surface area contributed by atoms with Gasteiger partial charge < -0.3 is 20.7 Å². The van der Waals surface area contributed by atoms with Gasteiger partial charge in [0.05, 0.1) is 6.61 Å². The van der Waals surface area contributed by atoms with Crippen LogP contribution in [0.25, 0.3) is 0 Å². The second-order valence-electron chi connectivity index (χ2n) is 9.24. The zero-order valence-electron chi connectivity index (χ0n) is 20.5. The molecule has 6 nitrogen and oxygen atoms in total. The lowest BCUT2D eigenvalue weighted by atomic mass is 9.84. The Morgan fingerprint density at radius 2 is 1.74 bits per heavy atom. The summed E-state index contributed by atoms with van der Waals surface area (Å²) in [4.78, 5) is 24.4. The van der Waals surface area contributed by atoms with Crippen molar-refractivity contribution in [2.75, 3.05) is 26.7 Å². The van der Waals surface area contributed by atoms with Gasteiger partial charge in [0, 0.05) is 31.6 Å². The lowest BCUT2D eigenvalue weighted by Crippen LogP contribution is -2.42. The molecule has 3 rings (SSSR count). The van der Waals surface area contributed by atoms with E-state index in [1.807, 2.05) is 61.6 Å². The first kappa shape index (κ1) is 25.9. The Labute approximate surface area is 203 Å². The number of carbonyl (C=O) groups excluding carboxylic acids is 2. The van der Waals surface area contributed by atoms with Crippen LogP contribution in [0.2, 0.25) is 0 Å². The Morgan fingerprint density at radius 1 is 1.00 bits per heavy atom. The number of benzene rings is 2. The Balaban J connectivity index is 1.71. The molecule has 1 saturated carbocycles. The smallest absolute Gasteiger partial charge is 0.251 e. The largest absolute Gasteiger partial charge is 0.367 e. The molecule has 0 aliphatic heterocycles. The fourth-order valence-electron chi connectivity index (χ4n) is 4.79. The zero-order valence-corrected chi connectivity index (χ0v) is 20.5. The van der Waals surface area contributed by atoms with Gasteiger partial charge in [-0.05, 0) is 42.6 Å². The van der Waals surface area contributed by atoms with Crippen molar-refractivity contribution in [3.05, 3.63) is 71.3 Å². The summed E-state index contributed by atoms with van der Waals surface area (Å²) in [6.45, 7) is 3.07. The Morgan fingerprint density at radius 3 is 2.44 bits per heavy atom. The van der Waals surface area contributed by atoms with Crippen molar-refractivity contribution < 1.29 is 14.3 Å². The summed E-state index contributed by atoms with van der Waals surface area (Å²) in [7, 11) is 1.93. The van der Waals surface area contributed by atoms with E-state index in [0.717, 1.165) is 24.1 Å². The van der Waals surface area contributed by atoms with Crippen LogP contribution in [0.3, 0.4) is 0 Å². The third kappa shape index (κ3) is 8.26. The molecule has 184 valence electrons. The van der Waals surface area contributed by atoms with Gasteiger partial charge in [0.25, 0.3) is 5.91 Å². The van der Waals surface area contributed by atoms with Crippen LogP contribution in [0.1, 0.15) is 73.0 Å². The van der Waals surface area contributed by atoms with Gasteiger partial charge >= 0.3 is 0 Å². The molecule has 0 radical (unpaired) electrons. The number of amides is 2. The topological polar surface area (TPSA) is 79.5 Å². The number of rotatable bonds is 12. The molecule has 0 unspecified atom stereocenters. The lowest BCUT2D eigenvalue weighted by molar-refractivity contribution is -0.119. The molecule has 1 aliphatic rings. The van der Waals surface area contributed by atoms with Crippen molar-refractivity contribution in [3.8, 4) is 0 Å². The van der Waals surface area contributed by atoms with Crippen molar-refractivity contribution in [1.29, 1.82) is 0 Å². The average Bonchev–Trinajstić information content (AvgIpc) is 2.85. The molecule has 2 aromatic carbocycles. The van der Waals surface area contributed by atoms with Crippen LogP contribution in [0, 0.1) is 5.92 Å². The van der Waals surface area contributed by atoms with Gasteiger partial charge in [0.2, 0.25) is 5.91 Å². The van der Waals surface area contributed by atoms with Crippen LogP contribution < -0.4 is 16.0 Å².